The molecule has 0 aliphatic carbocycles. The second kappa shape index (κ2) is 5.11. The van der Waals surface area contributed by atoms with Gasteiger partial charge in [0, 0.05) is 19.3 Å². The molecule has 0 fully saturated rings. The molecular formula is C9H13N3O4S. The molecule has 0 saturated heterocycles. The highest BCUT2D eigenvalue weighted by molar-refractivity contribution is 7.89. The predicted molar refractivity (Wildman–Crippen MR) is 60.9 cm³/mol. The summed E-state index contributed by atoms with van der Waals surface area (Å²) in [6.07, 6.45) is 1.07. The third-order valence-electron chi connectivity index (χ3n) is 2.04. The summed E-state index contributed by atoms with van der Waals surface area (Å²) < 4.78 is 25.7. The zero-order valence-corrected chi connectivity index (χ0v) is 10.2. The Bertz CT molecular complexity index is 543. The number of hydrogen-bond acceptors (Lipinski definition) is 4. The molecule has 0 aliphatic rings. The van der Waals surface area contributed by atoms with Gasteiger partial charge in [0.15, 0.2) is 0 Å². The van der Waals surface area contributed by atoms with Gasteiger partial charge < -0.3 is 10.3 Å². The van der Waals surface area contributed by atoms with Gasteiger partial charge >= 0.3 is 0 Å². The number of rotatable bonds is 4. The lowest BCUT2D eigenvalue weighted by Gasteiger charge is -2.12. The molecule has 0 saturated carbocycles. The monoisotopic (exact) mass is 259 g/mol. The van der Waals surface area contributed by atoms with Gasteiger partial charge in [-0.25, -0.2) is 8.42 Å². The highest BCUT2D eigenvalue weighted by atomic mass is 32.2. The maximum Gasteiger partial charge on any atom is 0.247 e. The molecule has 3 N–H and O–H groups in total. The maximum absolute atomic E-state index is 11.8. The van der Waals surface area contributed by atoms with Crippen LogP contribution in [0.2, 0.25) is 0 Å². The van der Waals surface area contributed by atoms with Crippen molar-refractivity contribution in [2.75, 3.05) is 7.05 Å². The Morgan fingerprint density at radius 1 is 1.41 bits per heavy atom. The Labute approximate surface area is 98.3 Å². The number of amides is 1. The molecule has 1 rings (SSSR count). The summed E-state index contributed by atoms with van der Waals surface area (Å²) in [6, 6.07) is 1.37. The molecule has 1 heterocycles. The minimum absolute atomic E-state index is 0.104. The Morgan fingerprint density at radius 2 is 2.06 bits per heavy atom. The number of aromatic nitrogens is 1. The first kappa shape index (κ1) is 13.4. The average Bonchev–Trinajstić information content (AvgIpc) is 2.27. The standard InChI is InChI=1S/C9H13N3O4S/c1-6(9(14)10-2)12-17(15,16)7-3-4-8(13)11-5-7/h3-6,12H,1-2H3,(H,10,14)(H,11,13). The molecule has 94 valence electrons. The number of aromatic amines is 1. The van der Waals surface area contributed by atoms with Crippen LogP contribution in [0.15, 0.2) is 28.0 Å². The van der Waals surface area contributed by atoms with Crippen LogP contribution >= 0.6 is 0 Å². The van der Waals surface area contributed by atoms with Crippen molar-refractivity contribution in [1.29, 1.82) is 0 Å². The number of likely N-dealkylation sites (N-methyl/N-ethyl adjacent to an activating group) is 1. The Morgan fingerprint density at radius 3 is 2.53 bits per heavy atom. The molecule has 0 radical (unpaired) electrons. The van der Waals surface area contributed by atoms with Crippen molar-refractivity contribution >= 4 is 15.9 Å². The fourth-order valence-corrected chi connectivity index (χ4v) is 2.30. The summed E-state index contributed by atoms with van der Waals surface area (Å²) in [4.78, 5) is 24.1. The van der Waals surface area contributed by atoms with Crippen molar-refractivity contribution in [2.45, 2.75) is 17.9 Å². The lowest BCUT2D eigenvalue weighted by atomic mass is 10.3. The Hall–Kier alpha value is -1.67. The maximum atomic E-state index is 11.8. The quantitative estimate of drug-likeness (QED) is 0.630. The molecule has 0 spiro atoms. The minimum atomic E-state index is -3.81. The van der Waals surface area contributed by atoms with Crippen LogP contribution in [0.1, 0.15) is 6.92 Å². The van der Waals surface area contributed by atoms with Gasteiger partial charge in [-0.05, 0) is 13.0 Å². The van der Waals surface area contributed by atoms with Crippen LogP contribution in [0.4, 0.5) is 0 Å². The van der Waals surface area contributed by atoms with Crippen molar-refractivity contribution < 1.29 is 13.2 Å². The predicted octanol–water partition coefficient (Wildman–Crippen LogP) is -1.21. The number of hydrogen-bond donors (Lipinski definition) is 3. The van der Waals surface area contributed by atoms with E-state index < -0.39 is 27.5 Å². The SMILES string of the molecule is CNC(=O)C(C)NS(=O)(=O)c1ccc(=O)[nH]c1. The van der Waals surface area contributed by atoms with E-state index in [1.807, 2.05) is 0 Å². The second-order valence-electron chi connectivity index (χ2n) is 3.35. The van der Waals surface area contributed by atoms with Crippen molar-refractivity contribution in [2.24, 2.45) is 0 Å². The smallest absolute Gasteiger partial charge is 0.247 e. The molecular weight excluding hydrogens is 246 g/mol. The van der Waals surface area contributed by atoms with Gasteiger partial charge in [-0.3, -0.25) is 9.59 Å². The largest absolute Gasteiger partial charge is 0.358 e. The number of pyridine rings is 1. The number of carbonyl (C=O) groups is 1. The summed E-state index contributed by atoms with van der Waals surface area (Å²) in [5.74, 6) is -0.446. The number of carbonyl (C=O) groups excluding carboxylic acids is 1. The molecule has 0 bridgehead atoms. The van der Waals surface area contributed by atoms with Crippen molar-refractivity contribution in [3.05, 3.63) is 28.7 Å². The van der Waals surface area contributed by atoms with E-state index in [0.29, 0.717) is 0 Å². The van der Waals surface area contributed by atoms with Gasteiger partial charge in [-0.2, -0.15) is 4.72 Å². The second-order valence-corrected chi connectivity index (χ2v) is 5.06. The van der Waals surface area contributed by atoms with Crippen LogP contribution in [0.5, 0.6) is 0 Å². The molecule has 17 heavy (non-hydrogen) atoms. The van der Waals surface area contributed by atoms with Gasteiger partial charge in [0.1, 0.15) is 0 Å². The summed E-state index contributed by atoms with van der Waals surface area (Å²) in [5.41, 5.74) is -0.400. The summed E-state index contributed by atoms with van der Waals surface area (Å²) in [7, 11) is -2.40. The summed E-state index contributed by atoms with van der Waals surface area (Å²) in [5, 5.41) is 2.32. The first-order valence-corrected chi connectivity index (χ1v) is 6.28. The third-order valence-corrected chi connectivity index (χ3v) is 3.58. The third kappa shape index (κ3) is 3.40. The molecule has 0 aromatic carbocycles. The molecule has 1 unspecified atom stereocenters. The van der Waals surface area contributed by atoms with E-state index in [9.17, 15) is 18.0 Å². The van der Waals surface area contributed by atoms with E-state index in [1.165, 1.54) is 14.0 Å². The van der Waals surface area contributed by atoms with Crippen molar-refractivity contribution in [3.8, 4) is 0 Å². The molecule has 7 nitrogen and oxygen atoms in total. The van der Waals surface area contributed by atoms with E-state index in [1.54, 1.807) is 0 Å². The highest BCUT2D eigenvalue weighted by Crippen LogP contribution is 2.04. The van der Waals surface area contributed by atoms with Crippen LogP contribution in [0, 0.1) is 0 Å². The Kier molecular flexibility index (Phi) is 4.02. The van der Waals surface area contributed by atoms with Crippen molar-refractivity contribution in [3.63, 3.8) is 0 Å². The van der Waals surface area contributed by atoms with Crippen LogP contribution in [0.3, 0.4) is 0 Å². The van der Waals surface area contributed by atoms with Gasteiger partial charge in [0.05, 0.1) is 10.9 Å². The minimum Gasteiger partial charge on any atom is -0.358 e. The normalized spacial score (nSPS) is 13.1. The zero-order valence-electron chi connectivity index (χ0n) is 9.35. The highest BCUT2D eigenvalue weighted by Gasteiger charge is 2.21. The fraction of sp³-hybridized carbons (Fsp3) is 0.333. The topological polar surface area (TPSA) is 108 Å². The fourth-order valence-electron chi connectivity index (χ4n) is 1.13. The van der Waals surface area contributed by atoms with Gasteiger partial charge in [-0.15, -0.1) is 0 Å². The lowest BCUT2D eigenvalue weighted by molar-refractivity contribution is -0.121. The zero-order chi connectivity index (χ0) is 13.1. The van der Waals surface area contributed by atoms with Crippen molar-refractivity contribution in [1.82, 2.24) is 15.0 Å². The van der Waals surface area contributed by atoms with Crippen LogP contribution in [0.25, 0.3) is 0 Å². The first-order valence-electron chi connectivity index (χ1n) is 4.79. The van der Waals surface area contributed by atoms with Crippen LogP contribution in [-0.2, 0) is 14.8 Å². The van der Waals surface area contributed by atoms with E-state index in [4.69, 9.17) is 0 Å². The number of nitrogens with one attached hydrogen (secondary N) is 3. The average molecular weight is 259 g/mol. The molecule has 1 aromatic rings. The van der Waals surface area contributed by atoms with Crippen LogP contribution < -0.4 is 15.6 Å². The van der Waals surface area contributed by atoms with E-state index >= 15 is 0 Å². The summed E-state index contributed by atoms with van der Waals surface area (Å²) >= 11 is 0. The van der Waals surface area contributed by atoms with Crippen LogP contribution in [-0.4, -0.2) is 32.4 Å². The van der Waals surface area contributed by atoms with Gasteiger partial charge in [0.2, 0.25) is 21.5 Å². The molecule has 8 heteroatoms. The number of H-pyrrole nitrogens is 1. The molecule has 1 atom stereocenters. The molecule has 1 amide bonds. The van der Waals surface area contributed by atoms with E-state index in [2.05, 4.69) is 15.0 Å². The molecule has 1 aromatic heterocycles. The summed E-state index contributed by atoms with van der Waals surface area (Å²) in [6.45, 7) is 1.42. The molecule has 0 aliphatic heterocycles. The van der Waals surface area contributed by atoms with Gasteiger partial charge in [-0.1, -0.05) is 0 Å². The first-order chi connectivity index (χ1) is 7.86. The Balaban J connectivity index is 2.93. The van der Waals surface area contributed by atoms with E-state index in [-0.39, 0.29) is 4.90 Å². The van der Waals surface area contributed by atoms with E-state index in [0.717, 1.165) is 18.3 Å². The van der Waals surface area contributed by atoms with Gasteiger partial charge in [0.25, 0.3) is 0 Å². The number of sulfonamides is 1. The lowest BCUT2D eigenvalue weighted by Crippen LogP contribution is -2.43.